The molecule has 1 saturated heterocycles. The smallest absolute Gasteiger partial charge is 0.221 e. The number of hydrogen-bond acceptors (Lipinski definition) is 4. The molecule has 29 heavy (non-hydrogen) atoms. The van der Waals surface area contributed by atoms with Gasteiger partial charge in [-0.25, -0.2) is 0 Å². The Morgan fingerprint density at radius 3 is 2.21 bits per heavy atom. The normalized spacial score (nSPS) is 15.9. The number of carbonyl (C=O) groups is 2. The number of ether oxygens (including phenoxy) is 1. The first kappa shape index (κ1) is 23.1. The number of amides is 1. The van der Waals surface area contributed by atoms with Crippen LogP contribution in [-0.2, 0) is 16.1 Å². The zero-order valence-corrected chi connectivity index (χ0v) is 17.8. The molecule has 1 aliphatic rings. The van der Waals surface area contributed by atoms with Crippen molar-refractivity contribution in [1.82, 2.24) is 4.90 Å². The van der Waals surface area contributed by atoms with Crippen molar-refractivity contribution in [2.45, 2.75) is 38.3 Å². The highest BCUT2D eigenvalue weighted by atomic mass is 35.5. The fourth-order valence-corrected chi connectivity index (χ4v) is 3.75. The number of anilines is 1. The van der Waals surface area contributed by atoms with Gasteiger partial charge < -0.3 is 10.1 Å². The molecule has 0 unspecified atom stereocenters. The molecule has 2 aromatic rings. The maximum absolute atomic E-state index is 12.6. The molecule has 0 spiro atoms. The van der Waals surface area contributed by atoms with Crippen molar-refractivity contribution in [2.75, 3.05) is 25.5 Å². The lowest BCUT2D eigenvalue weighted by Gasteiger charge is -2.40. The van der Waals surface area contributed by atoms with Crippen LogP contribution in [0.5, 0.6) is 0 Å². The predicted molar refractivity (Wildman–Crippen MR) is 118 cm³/mol. The number of ketones is 1. The molecule has 0 aliphatic carbocycles. The van der Waals surface area contributed by atoms with E-state index in [0.717, 1.165) is 43.7 Å². The van der Waals surface area contributed by atoms with E-state index >= 15 is 0 Å². The van der Waals surface area contributed by atoms with Crippen LogP contribution in [-0.4, -0.2) is 42.4 Å². The lowest BCUT2D eigenvalue weighted by atomic mass is 9.84. The Hall–Kier alpha value is -2.21. The molecule has 1 amide bonds. The topological polar surface area (TPSA) is 58.6 Å². The van der Waals surface area contributed by atoms with E-state index in [0.29, 0.717) is 6.42 Å². The highest BCUT2D eigenvalue weighted by Gasteiger charge is 2.36. The third-order valence-electron chi connectivity index (χ3n) is 5.46. The maximum Gasteiger partial charge on any atom is 0.221 e. The van der Waals surface area contributed by atoms with Crippen molar-refractivity contribution in [1.29, 1.82) is 0 Å². The number of rotatable bonds is 7. The number of carbonyl (C=O) groups excluding carboxylic acids is 2. The minimum atomic E-state index is -0.376. The molecular weight excluding hydrogens is 388 g/mol. The number of hydrogen-bond donors (Lipinski definition) is 1. The summed E-state index contributed by atoms with van der Waals surface area (Å²) in [5.41, 5.74) is 2.39. The van der Waals surface area contributed by atoms with Crippen molar-refractivity contribution in [3.05, 3.63) is 65.7 Å². The third kappa shape index (κ3) is 6.39. The molecule has 0 aromatic heterocycles. The summed E-state index contributed by atoms with van der Waals surface area (Å²) in [6.07, 6.45) is 2.10. The summed E-state index contributed by atoms with van der Waals surface area (Å²) in [6.45, 7) is 4.14. The number of nitrogens with zero attached hydrogens (tertiary/aromatic N) is 1. The summed E-state index contributed by atoms with van der Waals surface area (Å²) < 4.78 is 5.83. The lowest BCUT2D eigenvalue weighted by Crippen LogP contribution is -2.46. The average molecular weight is 417 g/mol. The van der Waals surface area contributed by atoms with Gasteiger partial charge in [-0.2, -0.15) is 0 Å². The largest absolute Gasteiger partial charge is 0.378 e. The Balaban J connectivity index is 0.00000300. The van der Waals surface area contributed by atoms with Crippen molar-refractivity contribution in [3.8, 4) is 0 Å². The number of nitrogens with one attached hydrogen (secondary N) is 1. The van der Waals surface area contributed by atoms with Gasteiger partial charge >= 0.3 is 0 Å². The van der Waals surface area contributed by atoms with Gasteiger partial charge in [-0.1, -0.05) is 42.5 Å². The van der Waals surface area contributed by atoms with Crippen molar-refractivity contribution in [3.63, 3.8) is 0 Å². The van der Waals surface area contributed by atoms with Crippen molar-refractivity contribution < 1.29 is 14.3 Å². The van der Waals surface area contributed by atoms with Gasteiger partial charge in [0.15, 0.2) is 5.78 Å². The van der Waals surface area contributed by atoms with Crippen LogP contribution in [0.25, 0.3) is 0 Å². The van der Waals surface area contributed by atoms with Gasteiger partial charge in [0.25, 0.3) is 0 Å². The molecule has 6 heteroatoms. The predicted octanol–water partition coefficient (Wildman–Crippen LogP) is 4.32. The minimum Gasteiger partial charge on any atom is -0.378 e. The Kier molecular flexibility index (Phi) is 8.38. The van der Waals surface area contributed by atoms with E-state index in [2.05, 4.69) is 10.2 Å². The van der Waals surface area contributed by atoms with E-state index < -0.39 is 0 Å². The standard InChI is InChI=1S/C23H28N2O3.ClH/c1-18(26)24-21-10-8-19(9-11-21)17-25-14-12-23(28-2,13-15-25)16-22(27)20-6-4-3-5-7-20;/h3-11H,12-17H2,1-2H3,(H,24,26);1H. The number of piperidine rings is 1. The van der Waals surface area contributed by atoms with Gasteiger partial charge in [-0.15, -0.1) is 12.4 Å². The third-order valence-corrected chi connectivity index (χ3v) is 5.46. The van der Waals surface area contributed by atoms with E-state index in [1.54, 1.807) is 7.11 Å². The van der Waals surface area contributed by atoms with Crippen LogP contribution in [0, 0.1) is 0 Å². The summed E-state index contributed by atoms with van der Waals surface area (Å²) in [6, 6.07) is 17.4. The summed E-state index contributed by atoms with van der Waals surface area (Å²) >= 11 is 0. The minimum absolute atomic E-state index is 0. The van der Waals surface area contributed by atoms with Crippen LogP contribution >= 0.6 is 12.4 Å². The van der Waals surface area contributed by atoms with Crippen molar-refractivity contribution >= 4 is 29.8 Å². The van der Waals surface area contributed by atoms with Crippen LogP contribution in [0.1, 0.15) is 42.1 Å². The second-order valence-corrected chi connectivity index (χ2v) is 7.51. The van der Waals surface area contributed by atoms with E-state index in [1.807, 2.05) is 54.6 Å². The SMILES string of the molecule is COC1(CC(=O)c2ccccc2)CCN(Cc2ccc(NC(C)=O)cc2)CC1.Cl. The number of likely N-dealkylation sites (tertiary alicyclic amines) is 1. The highest BCUT2D eigenvalue weighted by molar-refractivity contribution is 5.96. The second kappa shape index (κ2) is 10.5. The summed E-state index contributed by atoms with van der Waals surface area (Å²) in [5, 5.41) is 2.78. The summed E-state index contributed by atoms with van der Waals surface area (Å²) in [5.74, 6) is 0.0780. The molecule has 1 N–H and O–H groups in total. The molecule has 5 nitrogen and oxygen atoms in total. The fourth-order valence-electron chi connectivity index (χ4n) is 3.75. The monoisotopic (exact) mass is 416 g/mol. The van der Waals surface area contributed by atoms with Gasteiger partial charge in [0.1, 0.15) is 0 Å². The molecule has 1 heterocycles. The lowest BCUT2D eigenvalue weighted by molar-refractivity contribution is -0.114. The van der Waals surface area contributed by atoms with Gasteiger partial charge in [0, 0.05) is 51.3 Å². The Morgan fingerprint density at radius 2 is 1.66 bits per heavy atom. The first-order valence-corrected chi connectivity index (χ1v) is 9.72. The summed E-state index contributed by atoms with van der Waals surface area (Å²) in [7, 11) is 1.72. The quantitative estimate of drug-likeness (QED) is 0.683. The van der Waals surface area contributed by atoms with Crippen LogP contribution < -0.4 is 5.32 Å². The molecule has 0 atom stereocenters. The number of halogens is 1. The Bertz CT molecular complexity index is 801. The van der Waals surface area contributed by atoms with Gasteiger partial charge in [-0.3, -0.25) is 14.5 Å². The second-order valence-electron chi connectivity index (χ2n) is 7.51. The van der Waals surface area contributed by atoms with Crippen molar-refractivity contribution in [2.24, 2.45) is 0 Å². The van der Waals surface area contributed by atoms with E-state index in [4.69, 9.17) is 4.74 Å². The molecule has 2 aromatic carbocycles. The van der Waals surface area contributed by atoms with Crippen LogP contribution in [0.15, 0.2) is 54.6 Å². The van der Waals surface area contributed by atoms with Crippen LogP contribution in [0.4, 0.5) is 5.69 Å². The number of Topliss-reactive ketones (excluding diaryl/α,β-unsaturated/α-hetero) is 1. The molecule has 3 rings (SSSR count). The highest BCUT2D eigenvalue weighted by Crippen LogP contribution is 2.31. The number of methoxy groups -OCH3 is 1. The molecule has 0 saturated carbocycles. The molecule has 156 valence electrons. The van der Waals surface area contributed by atoms with E-state index in [-0.39, 0.29) is 29.7 Å². The summed E-state index contributed by atoms with van der Waals surface area (Å²) in [4.78, 5) is 26.1. The fraction of sp³-hybridized carbons (Fsp3) is 0.391. The van der Waals surface area contributed by atoms with Crippen LogP contribution in [0.3, 0.4) is 0 Å². The molecule has 1 aliphatic heterocycles. The molecule has 0 radical (unpaired) electrons. The van der Waals surface area contributed by atoms with Gasteiger partial charge in [-0.05, 0) is 30.5 Å². The first-order chi connectivity index (χ1) is 13.5. The zero-order chi connectivity index (χ0) is 20.0. The molecule has 0 bridgehead atoms. The van der Waals surface area contributed by atoms with E-state index in [1.165, 1.54) is 12.5 Å². The molecular formula is C23H29ClN2O3. The first-order valence-electron chi connectivity index (χ1n) is 9.72. The number of benzene rings is 2. The average Bonchev–Trinajstić information content (AvgIpc) is 2.71. The van der Waals surface area contributed by atoms with E-state index in [9.17, 15) is 9.59 Å². The van der Waals surface area contributed by atoms with Crippen LogP contribution in [0.2, 0.25) is 0 Å². The Morgan fingerprint density at radius 1 is 1.03 bits per heavy atom. The zero-order valence-electron chi connectivity index (χ0n) is 17.0. The van der Waals surface area contributed by atoms with Gasteiger partial charge in [0.05, 0.1) is 5.60 Å². The Labute approximate surface area is 178 Å². The molecule has 1 fully saturated rings. The maximum atomic E-state index is 12.6. The van der Waals surface area contributed by atoms with Gasteiger partial charge in [0.2, 0.25) is 5.91 Å².